The molecule has 0 fully saturated rings. The van der Waals surface area contributed by atoms with Crippen LogP contribution in [0.4, 0.5) is 5.82 Å². The van der Waals surface area contributed by atoms with Gasteiger partial charge in [-0.3, -0.25) is 4.90 Å². The van der Waals surface area contributed by atoms with Crippen molar-refractivity contribution in [3.63, 3.8) is 0 Å². The molecule has 0 aliphatic rings. The fraction of sp³-hybridized carbons (Fsp3) is 0.385. The third kappa shape index (κ3) is 4.16. The molecule has 0 aromatic carbocycles. The van der Waals surface area contributed by atoms with E-state index in [0.29, 0.717) is 6.54 Å². The first-order chi connectivity index (χ1) is 9.06. The van der Waals surface area contributed by atoms with E-state index in [9.17, 15) is 0 Å². The monoisotopic (exact) mass is 296 g/mol. The minimum Gasteiger partial charge on any atom is -0.373 e. The standard InChI is InChI=1S/C13H17ClN4S/c1-9-6-12(15-2)17-13(16-9)8-18(3)7-10-4-5-11(14)19-10/h4-6H,7-8H2,1-3H3,(H,15,16,17). The summed E-state index contributed by atoms with van der Waals surface area (Å²) in [4.78, 5) is 12.3. The van der Waals surface area contributed by atoms with E-state index >= 15 is 0 Å². The maximum atomic E-state index is 5.93. The van der Waals surface area contributed by atoms with E-state index in [4.69, 9.17) is 11.6 Å². The van der Waals surface area contributed by atoms with Crippen LogP contribution in [0.15, 0.2) is 18.2 Å². The van der Waals surface area contributed by atoms with Gasteiger partial charge in [-0.15, -0.1) is 11.3 Å². The molecule has 0 amide bonds. The normalized spacial score (nSPS) is 11.0. The first kappa shape index (κ1) is 14.2. The molecule has 0 bridgehead atoms. The second-order valence-electron chi connectivity index (χ2n) is 4.44. The third-order valence-electron chi connectivity index (χ3n) is 2.62. The number of thiophene rings is 1. The Morgan fingerprint density at radius 2 is 2.11 bits per heavy atom. The van der Waals surface area contributed by atoms with E-state index in [1.54, 1.807) is 11.3 Å². The van der Waals surface area contributed by atoms with Crippen LogP contribution in [0.5, 0.6) is 0 Å². The van der Waals surface area contributed by atoms with Gasteiger partial charge in [0.05, 0.1) is 10.9 Å². The number of hydrogen-bond acceptors (Lipinski definition) is 5. The second kappa shape index (κ2) is 6.32. The molecule has 2 rings (SSSR count). The maximum Gasteiger partial charge on any atom is 0.144 e. The Morgan fingerprint density at radius 1 is 1.32 bits per heavy atom. The summed E-state index contributed by atoms with van der Waals surface area (Å²) in [6.45, 7) is 3.54. The molecule has 0 aliphatic heterocycles. The van der Waals surface area contributed by atoms with Crippen molar-refractivity contribution in [1.29, 1.82) is 0 Å². The molecule has 102 valence electrons. The van der Waals surface area contributed by atoms with Gasteiger partial charge in [0.2, 0.25) is 0 Å². The molecule has 2 aromatic rings. The molecular formula is C13H17ClN4S. The third-order valence-corrected chi connectivity index (χ3v) is 3.84. The lowest BCUT2D eigenvalue weighted by atomic mass is 10.4. The quantitative estimate of drug-likeness (QED) is 0.920. The molecule has 0 aliphatic carbocycles. The van der Waals surface area contributed by atoms with Crippen LogP contribution in [0.1, 0.15) is 16.4 Å². The van der Waals surface area contributed by atoms with Crippen molar-refractivity contribution in [3.8, 4) is 0 Å². The molecule has 4 nitrogen and oxygen atoms in total. The van der Waals surface area contributed by atoms with Crippen molar-refractivity contribution in [3.05, 3.63) is 38.9 Å². The zero-order chi connectivity index (χ0) is 13.8. The van der Waals surface area contributed by atoms with Crippen molar-refractivity contribution in [2.24, 2.45) is 0 Å². The number of halogens is 1. The van der Waals surface area contributed by atoms with Gasteiger partial charge < -0.3 is 5.32 Å². The number of aryl methyl sites for hydroxylation is 1. The summed E-state index contributed by atoms with van der Waals surface area (Å²) < 4.78 is 0.827. The summed E-state index contributed by atoms with van der Waals surface area (Å²) in [6.07, 6.45) is 0. The minimum atomic E-state index is 0.714. The van der Waals surface area contributed by atoms with Gasteiger partial charge in [-0.25, -0.2) is 9.97 Å². The molecule has 0 unspecified atom stereocenters. The number of hydrogen-bond donors (Lipinski definition) is 1. The van der Waals surface area contributed by atoms with Crippen molar-refractivity contribution in [2.45, 2.75) is 20.0 Å². The van der Waals surface area contributed by atoms with Crippen LogP contribution in [-0.2, 0) is 13.1 Å². The van der Waals surface area contributed by atoms with E-state index in [-0.39, 0.29) is 0 Å². The summed E-state index contributed by atoms with van der Waals surface area (Å²) in [5, 5.41) is 3.05. The highest BCUT2D eigenvalue weighted by atomic mass is 35.5. The van der Waals surface area contributed by atoms with Crippen LogP contribution in [0.2, 0.25) is 4.34 Å². The molecule has 0 saturated carbocycles. The highest BCUT2D eigenvalue weighted by Crippen LogP contribution is 2.22. The van der Waals surface area contributed by atoms with Crippen LogP contribution >= 0.6 is 22.9 Å². The number of nitrogens with one attached hydrogen (secondary N) is 1. The number of aromatic nitrogens is 2. The summed E-state index contributed by atoms with van der Waals surface area (Å²) in [5.41, 5.74) is 0.974. The fourth-order valence-electron chi connectivity index (χ4n) is 1.83. The van der Waals surface area contributed by atoms with Gasteiger partial charge in [0.15, 0.2) is 0 Å². The first-order valence-electron chi connectivity index (χ1n) is 6.02. The highest BCUT2D eigenvalue weighted by Gasteiger charge is 2.07. The molecule has 19 heavy (non-hydrogen) atoms. The largest absolute Gasteiger partial charge is 0.373 e. The van der Waals surface area contributed by atoms with Gasteiger partial charge in [-0.05, 0) is 26.1 Å². The lowest BCUT2D eigenvalue weighted by molar-refractivity contribution is 0.313. The Hall–Kier alpha value is -1.17. The molecule has 0 spiro atoms. The van der Waals surface area contributed by atoms with Crippen molar-refractivity contribution >= 4 is 28.8 Å². The Bertz CT molecular complexity index is 555. The first-order valence-corrected chi connectivity index (χ1v) is 7.21. The van der Waals surface area contributed by atoms with E-state index in [1.165, 1.54) is 4.88 Å². The Labute approximate surface area is 122 Å². The Morgan fingerprint density at radius 3 is 2.74 bits per heavy atom. The van der Waals surface area contributed by atoms with E-state index in [0.717, 1.165) is 28.2 Å². The predicted molar refractivity (Wildman–Crippen MR) is 80.8 cm³/mol. The molecule has 6 heteroatoms. The van der Waals surface area contributed by atoms with Crippen LogP contribution in [-0.4, -0.2) is 29.0 Å². The molecule has 0 saturated heterocycles. The minimum absolute atomic E-state index is 0.714. The van der Waals surface area contributed by atoms with Gasteiger partial charge >= 0.3 is 0 Å². The highest BCUT2D eigenvalue weighted by molar-refractivity contribution is 7.16. The zero-order valence-electron chi connectivity index (χ0n) is 11.3. The second-order valence-corrected chi connectivity index (χ2v) is 6.24. The SMILES string of the molecule is CNc1cc(C)nc(CN(C)Cc2ccc(Cl)s2)n1. The van der Waals surface area contributed by atoms with Crippen molar-refractivity contribution in [2.75, 3.05) is 19.4 Å². The zero-order valence-corrected chi connectivity index (χ0v) is 12.8. The van der Waals surface area contributed by atoms with Gasteiger partial charge in [-0.1, -0.05) is 11.6 Å². The lowest BCUT2D eigenvalue weighted by Gasteiger charge is -2.15. The van der Waals surface area contributed by atoms with Gasteiger partial charge in [0.1, 0.15) is 11.6 Å². The van der Waals surface area contributed by atoms with Crippen LogP contribution in [0.25, 0.3) is 0 Å². The summed E-state index contributed by atoms with van der Waals surface area (Å²) >= 11 is 7.54. The number of anilines is 1. The van der Waals surface area contributed by atoms with E-state index in [2.05, 4.69) is 33.3 Å². The molecule has 2 aromatic heterocycles. The lowest BCUT2D eigenvalue weighted by Crippen LogP contribution is -2.19. The van der Waals surface area contributed by atoms with E-state index < -0.39 is 0 Å². The molecule has 1 N–H and O–H groups in total. The fourth-order valence-corrected chi connectivity index (χ4v) is 3.00. The van der Waals surface area contributed by atoms with Crippen LogP contribution < -0.4 is 5.32 Å². The van der Waals surface area contributed by atoms with Gasteiger partial charge in [0.25, 0.3) is 0 Å². The van der Waals surface area contributed by atoms with Crippen LogP contribution in [0.3, 0.4) is 0 Å². The Balaban J connectivity index is 2.02. The summed E-state index contributed by atoms with van der Waals surface area (Å²) in [7, 11) is 3.92. The Kier molecular flexibility index (Phi) is 4.74. The number of rotatable bonds is 5. The predicted octanol–water partition coefficient (Wildman–Crippen LogP) is 3.17. The summed E-state index contributed by atoms with van der Waals surface area (Å²) in [6, 6.07) is 5.92. The van der Waals surface area contributed by atoms with Crippen molar-refractivity contribution in [1.82, 2.24) is 14.9 Å². The average Bonchev–Trinajstić information content (AvgIpc) is 2.73. The smallest absolute Gasteiger partial charge is 0.144 e. The number of nitrogens with zero attached hydrogens (tertiary/aromatic N) is 3. The summed E-state index contributed by atoms with van der Waals surface area (Å²) in [5.74, 6) is 1.68. The van der Waals surface area contributed by atoms with Gasteiger partial charge in [-0.2, -0.15) is 0 Å². The van der Waals surface area contributed by atoms with Crippen LogP contribution in [0, 0.1) is 6.92 Å². The van der Waals surface area contributed by atoms with Gasteiger partial charge in [0, 0.05) is 30.2 Å². The molecule has 0 radical (unpaired) electrons. The topological polar surface area (TPSA) is 41.1 Å². The molecule has 0 atom stereocenters. The average molecular weight is 297 g/mol. The maximum absolute atomic E-state index is 5.93. The van der Waals surface area contributed by atoms with Crippen molar-refractivity contribution < 1.29 is 0 Å². The molecular weight excluding hydrogens is 280 g/mol. The van der Waals surface area contributed by atoms with E-state index in [1.807, 2.05) is 26.1 Å². The molecule has 2 heterocycles.